The van der Waals surface area contributed by atoms with Crippen LogP contribution in [0.25, 0.3) is 0 Å². The first-order valence-corrected chi connectivity index (χ1v) is 4.22. The van der Waals surface area contributed by atoms with Gasteiger partial charge in [-0.05, 0) is 22.0 Å². The maximum absolute atomic E-state index is 13.0. The van der Waals surface area contributed by atoms with Crippen molar-refractivity contribution in [3.05, 3.63) is 28.2 Å². The Labute approximate surface area is 86.5 Å². The number of nitrogens with one attached hydrogen (secondary N) is 1. The van der Waals surface area contributed by atoms with Gasteiger partial charge in [-0.15, -0.1) is 0 Å². The van der Waals surface area contributed by atoms with E-state index in [1.54, 1.807) is 0 Å². The zero-order valence-corrected chi connectivity index (χ0v) is 8.35. The van der Waals surface area contributed by atoms with E-state index in [0.29, 0.717) is 6.07 Å². The van der Waals surface area contributed by atoms with Crippen molar-refractivity contribution in [1.29, 1.82) is 0 Å². The minimum Gasteiger partial charge on any atom is -0.368 e. The van der Waals surface area contributed by atoms with E-state index in [4.69, 9.17) is 10.9 Å². The average molecular weight is 266 g/mol. The van der Waals surface area contributed by atoms with Crippen LogP contribution in [0, 0.1) is 11.6 Å². The molecule has 0 heterocycles. The van der Waals surface area contributed by atoms with Gasteiger partial charge < -0.3 is 5.73 Å². The highest BCUT2D eigenvalue weighted by molar-refractivity contribution is 9.10. The molecular weight excluding hydrogens is 260 g/mol. The van der Waals surface area contributed by atoms with Crippen LogP contribution >= 0.6 is 15.9 Å². The van der Waals surface area contributed by atoms with Gasteiger partial charge in [-0.3, -0.25) is 5.21 Å². The average Bonchev–Trinajstić information content (AvgIpc) is 2.14. The Balaban J connectivity index is 3.16. The van der Waals surface area contributed by atoms with E-state index in [9.17, 15) is 8.78 Å². The number of hydrogen-bond donors (Lipinski definition) is 3. The first-order valence-electron chi connectivity index (χ1n) is 3.43. The molecular formula is C7H6BrF2N3O. The molecule has 0 aromatic heterocycles. The number of hydroxylamine groups is 1. The molecule has 14 heavy (non-hydrogen) atoms. The Kier molecular flexibility index (Phi) is 3.37. The van der Waals surface area contributed by atoms with Crippen LogP contribution in [0.2, 0.25) is 0 Å². The number of rotatable bonds is 1. The maximum atomic E-state index is 13.0. The Morgan fingerprint density at radius 1 is 1.43 bits per heavy atom. The van der Waals surface area contributed by atoms with Gasteiger partial charge in [0.2, 0.25) is 5.96 Å². The van der Waals surface area contributed by atoms with Crippen LogP contribution < -0.4 is 11.2 Å². The molecule has 1 aromatic carbocycles. The van der Waals surface area contributed by atoms with Gasteiger partial charge in [-0.1, -0.05) is 0 Å². The first kappa shape index (κ1) is 10.9. The summed E-state index contributed by atoms with van der Waals surface area (Å²) in [6.07, 6.45) is 0. The van der Waals surface area contributed by atoms with E-state index in [1.165, 1.54) is 5.48 Å². The van der Waals surface area contributed by atoms with E-state index in [0.717, 1.165) is 6.07 Å². The van der Waals surface area contributed by atoms with Crippen LogP contribution in [0.5, 0.6) is 0 Å². The smallest absolute Gasteiger partial charge is 0.218 e. The van der Waals surface area contributed by atoms with Gasteiger partial charge in [0.25, 0.3) is 0 Å². The number of benzene rings is 1. The molecule has 0 saturated carbocycles. The van der Waals surface area contributed by atoms with E-state index < -0.39 is 11.6 Å². The largest absolute Gasteiger partial charge is 0.368 e. The highest BCUT2D eigenvalue weighted by Crippen LogP contribution is 2.25. The second-order valence-corrected chi connectivity index (χ2v) is 3.18. The number of guanidine groups is 1. The fourth-order valence-corrected chi connectivity index (χ4v) is 1.08. The number of nitrogens with zero attached hydrogens (tertiary/aromatic N) is 1. The lowest BCUT2D eigenvalue weighted by Gasteiger charge is -2.01. The molecule has 4 nitrogen and oxygen atoms in total. The third-order valence-corrected chi connectivity index (χ3v) is 1.95. The molecule has 76 valence electrons. The Hall–Kier alpha value is -1.21. The second-order valence-electron chi connectivity index (χ2n) is 2.33. The molecule has 4 N–H and O–H groups in total. The van der Waals surface area contributed by atoms with E-state index in [1.807, 2.05) is 0 Å². The summed E-state index contributed by atoms with van der Waals surface area (Å²) >= 11 is 2.86. The highest BCUT2D eigenvalue weighted by atomic mass is 79.9. The molecule has 0 spiro atoms. The molecule has 0 radical (unpaired) electrons. The van der Waals surface area contributed by atoms with Gasteiger partial charge in [0.15, 0.2) is 5.82 Å². The summed E-state index contributed by atoms with van der Waals surface area (Å²) < 4.78 is 25.8. The van der Waals surface area contributed by atoms with Crippen molar-refractivity contribution in [2.75, 3.05) is 0 Å². The number of hydrogen-bond acceptors (Lipinski definition) is 2. The van der Waals surface area contributed by atoms with Crippen molar-refractivity contribution in [3.63, 3.8) is 0 Å². The summed E-state index contributed by atoms with van der Waals surface area (Å²) in [5.41, 5.74) is 6.42. The molecule has 0 saturated heterocycles. The summed E-state index contributed by atoms with van der Waals surface area (Å²) in [7, 11) is 0. The monoisotopic (exact) mass is 265 g/mol. The van der Waals surface area contributed by atoms with Crippen molar-refractivity contribution >= 4 is 27.6 Å². The molecule has 1 aromatic rings. The Morgan fingerprint density at radius 2 is 2.07 bits per heavy atom. The van der Waals surface area contributed by atoms with Crippen molar-refractivity contribution in [1.82, 2.24) is 5.48 Å². The molecule has 7 heteroatoms. The van der Waals surface area contributed by atoms with Crippen LogP contribution in [-0.4, -0.2) is 11.2 Å². The Morgan fingerprint density at radius 3 is 2.64 bits per heavy atom. The molecule has 0 amide bonds. The van der Waals surface area contributed by atoms with Crippen LogP contribution in [0.4, 0.5) is 14.5 Å². The predicted molar refractivity (Wildman–Crippen MR) is 50.3 cm³/mol. The predicted octanol–water partition coefficient (Wildman–Crippen LogP) is 1.65. The van der Waals surface area contributed by atoms with Gasteiger partial charge in [-0.2, -0.15) is 0 Å². The number of aliphatic imine (C=N–C) groups is 1. The minimum absolute atomic E-state index is 0.0587. The number of halogens is 3. The van der Waals surface area contributed by atoms with Crippen LogP contribution in [-0.2, 0) is 0 Å². The standard InChI is InChI=1S/C7H6BrF2N3O/c8-3-1-6(12-7(11)13-14)5(10)2-4(3)9/h1-2,14H,(H3,11,12,13). The SMILES string of the molecule is NC(=Nc1cc(Br)c(F)cc1F)NO. The van der Waals surface area contributed by atoms with Gasteiger partial charge in [0.05, 0.1) is 4.47 Å². The fraction of sp³-hybridized carbons (Fsp3) is 0. The molecule has 1 rings (SSSR count). The lowest BCUT2D eigenvalue weighted by Crippen LogP contribution is -2.27. The van der Waals surface area contributed by atoms with Crippen molar-refractivity contribution in [3.8, 4) is 0 Å². The van der Waals surface area contributed by atoms with Crippen LogP contribution in [0.3, 0.4) is 0 Å². The summed E-state index contributed by atoms with van der Waals surface area (Å²) in [5.74, 6) is -2.00. The lowest BCUT2D eigenvalue weighted by atomic mass is 10.3. The topological polar surface area (TPSA) is 70.6 Å². The number of nitrogens with two attached hydrogens (primary N) is 1. The highest BCUT2D eigenvalue weighted by Gasteiger charge is 2.07. The third-order valence-electron chi connectivity index (χ3n) is 1.35. The molecule has 0 fully saturated rings. The molecule has 0 bridgehead atoms. The summed E-state index contributed by atoms with van der Waals surface area (Å²) in [6, 6.07) is 1.77. The van der Waals surface area contributed by atoms with Crippen LogP contribution in [0.15, 0.2) is 21.6 Å². The van der Waals surface area contributed by atoms with Crippen molar-refractivity contribution < 1.29 is 14.0 Å². The molecule has 0 aliphatic heterocycles. The quantitative estimate of drug-likeness (QED) is 0.313. The fourth-order valence-electron chi connectivity index (χ4n) is 0.753. The van der Waals surface area contributed by atoms with Gasteiger partial charge in [0, 0.05) is 6.07 Å². The third kappa shape index (κ3) is 2.39. The normalized spacial score (nSPS) is 11.6. The molecule has 0 atom stereocenters. The Bertz CT molecular complexity index is 383. The zero-order chi connectivity index (χ0) is 10.7. The molecule has 0 aliphatic rings. The van der Waals surface area contributed by atoms with E-state index in [-0.39, 0.29) is 16.1 Å². The lowest BCUT2D eigenvalue weighted by molar-refractivity contribution is 0.233. The van der Waals surface area contributed by atoms with Gasteiger partial charge >= 0.3 is 0 Å². The van der Waals surface area contributed by atoms with Crippen molar-refractivity contribution in [2.45, 2.75) is 0 Å². The summed E-state index contributed by atoms with van der Waals surface area (Å²) in [6.45, 7) is 0. The minimum atomic E-state index is -0.871. The first-order chi connectivity index (χ1) is 6.54. The molecule has 0 unspecified atom stereocenters. The summed E-state index contributed by atoms with van der Waals surface area (Å²) in [4.78, 5) is 3.44. The van der Waals surface area contributed by atoms with Crippen LogP contribution in [0.1, 0.15) is 0 Å². The van der Waals surface area contributed by atoms with Gasteiger partial charge in [0.1, 0.15) is 11.5 Å². The zero-order valence-electron chi connectivity index (χ0n) is 6.76. The second kappa shape index (κ2) is 4.34. The van der Waals surface area contributed by atoms with E-state index >= 15 is 0 Å². The summed E-state index contributed by atoms with van der Waals surface area (Å²) in [5, 5.41) is 8.30. The maximum Gasteiger partial charge on any atom is 0.218 e. The van der Waals surface area contributed by atoms with Crippen molar-refractivity contribution in [2.24, 2.45) is 10.7 Å². The van der Waals surface area contributed by atoms with Gasteiger partial charge in [-0.25, -0.2) is 19.3 Å². The van der Waals surface area contributed by atoms with E-state index in [2.05, 4.69) is 20.9 Å². The molecule has 0 aliphatic carbocycles.